The zero-order valence-electron chi connectivity index (χ0n) is 23.5. The van der Waals surface area contributed by atoms with Crippen molar-refractivity contribution in [2.75, 3.05) is 26.3 Å². The van der Waals surface area contributed by atoms with Gasteiger partial charge in [-0.05, 0) is 49.9 Å². The molecule has 1 aromatic carbocycles. The number of nitrogens with zero attached hydrogens (tertiary/aromatic N) is 1. The van der Waals surface area contributed by atoms with Crippen LogP contribution in [0.15, 0.2) is 30.3 Å². The van der Waals surface area contributed by atoms with Crippen molar-refractivity contribution in [1.29, 1.82) is 0 Å². The molecule has 1 heterocycles. The average Bonchev–Trinajstić information content (AvgIpc) is 3.26. The molecule has 0 bridgehead atoms. The second-order valence-corrected chi connectivity index (χ2v) is 16.7. The molecule has 37 heavy (non-hydrogen) atoms. The minimum Gasteiger partial charge on any atom is -0.412 e. The molecule has 0 saturated carbocycles. The third kappa shape index (κ3) is 9.41. The zero-order valence-corrected chi connectivity index (χ0v) is 26.2. The molecular formula is C28H47NO5S2Si. The summed E-state index contributed by atoms with van der Waals surface area (Å²) < 4.78 is 18.1. The van der Waals surface area contributed by atoms with Crippen molar-refractivity contribution in [3.05, 3.63) is 35.9 Å². The Kier molecular flexibility index (Phi) is 13.7. The molecule has 0 radical (unpaired) electrons. The Morgan fingerprint density at radius 2 is 1.89 bits per heavy atom. The summed E-state index contributed by atoms with van der Waals surface area (Å²) in [6.45, 7) is 11.4. The van der Waals surface area contributed by atoms with Crippen LogP contribution in [0, 0.1) is 5.92 Å². The van der Waals surface area contributed by atoms with Crippen LogP contribution in [-0.2, 0) is 25.1 Å². The summed E-state index contributed by atoms with van der Waals surface area (Å²) in [5, 5.41) is 11.4. The highest BCUT2D eigenvalue weighted by molar-refractivity contribution is 8.23. The molecule has 1 aliphatic rings. The molecule has 9 heteroatoms. The third-order valence-electron chi connectivity index (χ3n) is 7.71. The maximum atomic E-state index is 13.7. The fraction of sp³-hybridized carbons (Fsp3) is 0.714. The number of ether oxygens (including phenoxy) is 2. The maximum absolute atomic E-state index is 13.7. The Hall–Kier alpha value is -0.813. The van der Waals surface area contributed by atoms with Crippen LogP contribution >= 0.6 is 24.0 Å². The Labute approximate surface area is 234 Å². The lowest BCUT2D eigenvalue weighted by molar-refractivity contribution is -0.136. The summed E-state index contributed by atoms with van der Waals surface area (Å²) in [4.78, 5) is 15.4. The highest BCUT2D eigenvalue weighted by Crippen LogP contribution is 2.36. The van der Waals surface area contributed by atoms with Gasteiger partial charge < -0.3 is 19.0 Å². The lowest BCUT2D eigenvalue weighted by Gasteiger charge is -2.42. The number of carbonyl (C=O) groups is 1. The summed E-state index contributed by atoms with van der Waals surface area (Å²) in [6.07, 6.45) is 1.86. The fourth-order valence-electron chi connectivity index (χ4n) is 5.14. The first-order valence-corrected chi connectivity index (χ1v) is 17.5. The van der Waals surface area contributed by atoms with Gasteiger partial charge in [0, 0.05) is 25.9 Å². The molecule has 1 aromatic rings. The van der Waals surface area contributed by atoms with E-state index in [0.29, 0.717) is 17.3 Å². The highest BCUT2D eigenvalue weighted by Gasteiger charge is 2.42. The van der Waals surface area contributed by atoms with Crippen LogP contribution in [0.2, 0.25) is 18.1 Å². The first-order chi connectivity index (χ1) is 17.6. The Bertz CT molecular complexity index is 833. The number of rotatable bonds is 17. The van der Waals surface area contributed by atoms with Crippen molar-refractivity contribution in [2.45, 2.75) is 96.2 Å². The van der Waals surface area contributed by atoms with Crippen LogP contribution < -0.4 is 0 Å². The summed E-state index contributed by atoms with van der Waals surface area (Å²) in [5.74, 6) is 0.102. The Morgan fingerprint density at radius 3 is 2.49 bits per heavy atom. The molecule has 6 nitrogen and oxygen atoms in total. The van der Waals surface area contributed by atoms with E-state index in [1.54, 1.807) is 23.8 Å². The molecule has 1 N–H and O–H groups in total. The van der Waals surface area contributed by atoms with E-state index in [2.05, 4.69) is 39.8 Å². The van der Waals surface area contributed by atoms with Crippen molar-refractivity contribution in [2.24, 2.45) is 5.92 Å². The van der Waals surface area contributed by atoms with Crippen LogP contribution in [0.1, 0.15) is 59.4 Å². The van der Waals surface area contributed by atoms with Crippen molar-refractivity contribution < 1.29 is 23.8 Å². The molecule has 2 rings (SSSR count). The number of aliphatic hydroxyl groups is 1. The van der Waals surface area contributed by atoms with Crippen molar-refractivity contribution in [3.8, 4) is 0 Å². The molecule has 0 aromatic heterocycles. The van der Waals surface area contributed by atoms with Gasteiger partial charge in [-0.15, -0.1) is 0 Å². The predicted molar refractivity (Wildman–Crippen MR) is 159 cm³/mol. The molecule has 1 aliphatic heterocycles. The summed E-state index contributed by atoms with van der Waals surface area (Å²) in [6, 6.07) is 13.3. The van der Waals surface area contributed by atoms with Gasteiger partial charge in [-0.25, -0.2) is 0 Å². The Morgan fingerprint density at radius 1 is 1.24 bits per heavy atom. The first kappa shape index (κ1) is 32.4. The smallest absolute Gasteiger partial charge is 0.233 e. The number of hydrogen-bond acceptors (Lipinski definition) is 7. The average molecular weight is 570 g/mol. The molecule has 1 saturated heterocycles. The second kappa shape index (κ2) is 15.7. The Balaban J connectivity index is 2.14. The van der Waals surface area contributed by atoms with E-state index in [-0.39, 0.29) is 18.7 Å². The first-order valence-electron chi connectivity index (χ1n) is 13.6. The number of carbonyl (C=O) groups excluding carboxylic acids is 1. The minimum atomic E-state index is -1.94. The fourth-order valence-corrected chi connectivity index (χ4v) is 9.73. The van der Waals surface area contributed by atoms with Crippen LogP contribution in [0.4, 0.5) is 0 Å². The van der Waals surface area contributed by atoms with Crippen molar-refractivity contribution in [1.82, 2.24) is 4.90 Å². The number of hydrogen-bond donors (Lipinski definition) is 1. The van der Waals surface area contributed by atoms with E-state index in [0.717, 1.165) is 43.1 Å². The largest absolute Gasteiger partial charge is 0.412 e. The van der Waals surface area contributed by atoms with Gasteiger partial charge in [0.1, 0.15) is 11.1 Å². The lowest BCUT2D eigenvalue weighted by Crippen LogP contribution is -2.50. The number of methoxy groups -OCH3 is 1. The standard InChI is InChI=1S/C28H47NO5S2Si/c1-7-37(8-2,9-3)34-28(5,16-13-17-33-21-32-6)19-25(30)22(4)26(31)29-24(20-36-27(29)35)18-23-14-11-10-12-15-23/h10-12,14-15,22,24-25,30H,7-9,13,16-21H2,1-6H3/t22-,24-,25+,28+/m0/s1. The molecule has 1 amide bonds. The molecule has 0 aliphatic carbocycles. The predicted octanol–water partition coefficient (Wildman–Crippen LogP) is 6.03. The molecule has 4 atom stereocenters. The zero-order chi connectivity index (χ0) is 27.5. The molecule has 0 spiro atoms. The van der Waals surface area contributed by atoms with Crippen LogP contribution in [0.3, 0.4) is 0 Å². The molecule has 0 unspecified atom stereocenters. The molecule has 1 fully saturated rings. The van der Waals surface area contributed by atoms with E-state index in [1.165, 1.54) is 5.56 Å². The van der Waals surface area contributed by atoms with E-state index in [4.69, 9.17) is 26.1 Å². The summed E-state index contributed by atoms with van der Waals surface area (Å²) in [7, 11) is -0.332. The maximum Gasteiger partial charge on any atom is 0.233 e. The monoisotopic (exact) mass is 569 g/mol. The van der Waals surface area contributed by atoms with Gasteiger partial charge in [-0.3, -0.25) is 9.69 Å². The number of thiocarbonyl (C=S) groups is 1. The van der Waals surface area contributed by atoms with Crippen molar-refractivity contribution >= 4 is 42.5 Å². The summed E-state index contributed by atoms with van der Waals surface area (Å²) in [5.41, 5.74) is 0.642. The van der Waals surface area contributed by atoms with Gasteiger partial charge in [0.15, 0.2) is 8.32 Å². The number of aliphatic hydroxyl groups excluding tert-OH is 1. The van der Waals surface area contributed by atoms with Crippen LogP contribution in [0.5, 0.6) is 0 Å². The highest BCUT2D eigenvalue weighted by atomic mass is 32.2. The topological polar surface area (TPSA) is 68.2 Å². The number of benzene rings is 1. The van der Waals surface area contributed by atoms with Gasteiger partial charge >= 0.3 is 0 Å². The lowest BCUT2D eigenvalue weighted by atomic mass is 9.87. The van der Waals surface area contributed by atoms with E-state index < -0.39 is 25.9 Å². The van der Waals surface area contributed by atoms with Gasteiger partial charge in [0.25, 0.3) is 0 Å². The number of thioether (sulfide) groups is 1. The van der Waals surface area contributed by atoms with Gasteiger partial charge in [-0.1, -0.05) is 82.0 Å². The van der Waals surface area contributed by atoms with Crippen molar-refractivity contribution in [3.63, 3.8) is 0 Å². The SMILES string of the molecule is CC[Si](CC)(CC)O[C@](C)(CCCOCOC)C[C@@H](O)[C@H](C)C(=O)N1C(=S)SC[C@@H]1Cc1ccccc1. The summed E-state index contributed by atoms with van der Waals surface area (Å²) >= 11 is 7.13. The van der Waals surface area contributed by atoms with E-state index in [9.17, 15) is 9.90 Å². The quantitative estimate of drug-likeness (QED) is 0.106. The normalized spacial score (nSPS) is 19.6. The van der Waals surface area contributed by atoms with E-state index >= 15 is 0 Å². The van der Waals surface area contributed by atoms with Gasteiger partial charge in [0.2, 0.25) is 5.91 Å². The minimum absolute atomic E-state index is 0.00273. The van der Waals surface area contributed by atoms with Crippen LogP contribution in [-0.4, -0.2) is 72.6 Å². The number of amides is 1. The molecule has 210 valence electrons. The van der Waals surface area contributed by atoms with Gasteiger partial charge in [-0.2, -0.15) is 0 Å². The van der Waals surface area contributed by atoms with Crippen LogP contribution in [0.25, 0.3) is 0 Å². The van der Waals surface area contributed by atoms with E-state index in [1.807, 2.05) is 25.1 Å². The second-order valence-electron chi connectivity index (χ2n) is 10.4. The molecular weight excluding hydrogens is 523 g/mol. The van der Waals surface area contributed by atoms with Gasteiger partial charge in [0.05, 0.1) is 23.7 Å². The third-order valence-corrected chi connectivity index (χ3v) is 14.0.